The Hall–Kier alpha value is -3.46. The monoisotopic (exact) mass is 338 g/mol. The lowest BCUT2D eigenvalue weighted by molar-refractivity contribution is -0.112. The van der Waals surface area contributed by atoms with Crippen LogP contribution in [0.15, 0.2) is 58.2 Å². The number of hydrogen-bond acceptors (Lipinski definition) is 5. The number of hydrogen-bond donors (Lipinski definition) is 1. The molecule has 0 aliphatic heterocycles. The van der Waals surface area contributed by atoms with Gasteiger partial charge in [0.15, 0.2) is 0 Å². The van der Waals surface area contributed by atoms with Gasteiger partial charge in [-0.25, -0.2) is 0 Å². The van der Waals surface area contributed by atoms with Gasteiger partial charge in [0, 0.05) is 6.07 Å². The van der Waals surface area contributed by atoms with Crippen molar-refractivity contribution in [2.75, 3.05) is 19.5 Å². The van der Waals surface area contributed by atoms with Crippen LogP contribution < -0.4 is 14.8 Å². The Kier molecular flexibility index (Phi) is 6.02. The van der Waals surface area contributed by atoms with E-state index in [4.69, 9.17) is 13.9 Å². The van der Waals surface area contributed by atoms with E-state index in [1.165, 1.54) is 20.3 Å². The zero-order valence-corrected chi connectivity index (χ0v) is 14.2. The second kappa shape index (κ2) is 8.41. The van der Waals surface area contributed by atoms with Gasteiger partial charge in [0.1, 0.15) is 28.9 Å². The Morgan fingerprint density at radius 2 is 2.08 bits per heavy atom. The molecule has 1 N–H and O–H groups in total. The van der Waals surface area contributed by atoms with Crippen LogP contribution in [0.2, 0.25) is 0 Å². The Morgan fingerprint density at radius 1 is 1.28 bits per heavy atom. The molecule has 0 saturated carbocycles. The number of nitrogens with one attached hydrogen (secondary N) is 1. The lowest BCUT2D eigenvalue weighted by Crippen LogP contribution is -2.14. The van der Waals surface area contributed by atoms with Gasteiger partial charge in [0.05, 0.1) is 26.2 Å². The zero-order chi connectivity index (χ0) is 18.2. The Bertz CT molecular complexity index is 843. The number of carbonyl (C=O) groups is 1. The molecule has 25 heavy (non-hydrogen) atoms. The number of furan rings is 1. The minimum absolute atomic E-state index is 0.0295. The number of rotatable bonds is 6. The van der Waals surface area contributed by atoms with Crippen molar-refractivity contribution in [1.29, 1.82) is 5.26 Å². The fourth-order valence-electron chi connectivity index (χ4n) is 2.11. The van der Waals surface area contributed by atoms with E-state index in [1.807, 2.05) is 6.07 Å². The number of nitrogens with zero attached hydrogens (tertiary/aromatic N) is 1. The SMILES string of the molecule is COc1ccc(NC(=O)/C(C#N)=C/C(C)=C/c2ccco2)c(OC)c1. The second-order valence-corrected chi connectivity index (χ2v) is 5.09. The normalized spacial score (nSPS) is 11.6. The van der Waals surface area contributed by atoms with Crippen LogP contribution in [0, 0.1) is 11.3 Å². The number of anilines is 1. The van der Waals surface area contributed by atoms with Crippen molar-refractivity contribution < 1.29 is 18.7 Å². The topological polar surface area (TPSA) is 84.5 Å². The van der Waals surface area contributed by atoms with Crippen molar-refractivity contribution in [2.24, 2.45) is 0 Å². The minimum atomic E-state index is -0.529. The number of amides is 1. The summed E-state index contributed by atoms with van der Waals surface area (Å²) in [4.78, 5) is 12.4. The average molecular weight is 338 g/mol. The zero-order valence-electron chi connectivity index (χ0n) is 14.2. The molecule has 2 rings (SSSR count). The Labute approximate surface area is 146 Å². The lowest BCUT2D eigenvalue weighted by atomic mass is 10.1. The van der Waals surface area contributed by atoms with Crippen LogP contribution >= 0.6 is 0 Å². The van der Waals surface area contributed by atoms with E-state index in [2.05, 4.69) is 5.32 Å². The molecule has 2 aromatic rings. The Morgan fingerprint density at radius 3 is 2.68 bits per heavy atom. The molecule has 1 heterocycles. The van der Waals surface area contributed by atoms with Crippen LogP contribution in [0.1, 0.15) is 12.7 Å². The highest BCUT2D eigenvalue weighted by molar-refractivity contribution is 6.07. The molecular formula is C19H18N2O4. The number of methoxy groups -OCH3 is 2. The first-order valence-corrected chi connectivity index (χ1v) is 7.44. The van der Waals surface area contributed by atoms with Crippen molar-refractivity contribution >= 4 is 17.7 Å². The fourth-order valence-corrected chi connectivity index (χ4v) is 2.11. The van der Waals surface area contributed by atoms with Gasteiger partial charge in [-0.15, -0.1) is 0 Å². The quantitative estimate of drug-likeness (QED) is 0.492. The van der Waals surface area contributed by atoms with Gasteiger partial charge in [0.25, 0.3) is 5.91 Å². The Balaban J connectivity index is 2.20. The molecule has 1 aromatic heterocycles. The van der Waals surface area contributed by atoms with Crippen LogP contribution in [0.5, 0.6) is 11.5 Å². The molecule has 0 spiro atoms. The van der Waals surface area contributed by atoms with E-state index in [9.17, 15) is 10.1 Å². The van der Waals surface area contributed by atoms with Gasteiger partial charge < -0.3 is 19.2 Å². The molecule has 128 valence electrons. The molecule has 0 radical (unpaired) electrons. The lowest BCUT2D eigenvalue weighted by Gasteiger charge is -2.11. The summed E-state index contributed by atoms with van der Waals surface area (Å²) in [6, 6.07) is 10.4. The summed E-state index contributed by atoms with van der Waals surface area (Å²) >= 11 is 0. The van der Waals surface area contributed by atoms with E-state index in [1.54, 1.807) is 49.6 Å². The van der Waals surface area contributed by atoms with E-state index >= 15 is 0 Å². The van der Waals surface area contributed by atoms with Crippen molar-refractivity contribution in [2.45, 2.75) is 6.92 Å². The number of ether oxygens (including phenoxy) is 2. The van der Waals surface area contributed by atoms with Crippen LogP contribution in [-0.4, -0.2) is 20.1 Å². The van der Waals surface area contributed by atoms with E-state index in [-0.39, 0.29) is 5.57 Å². The molecule has 0 unspecified atom stereocenters. The van der Waals surface area contributed by atoms with Gasteiger partial charge in [-0.05, 0) is 48.9 Å². The summed E-state index contributed by atoms with van der Waals surface area (Å²) in [5, 5.41) is 11.9. The summed E-state index contributed by atoms with van der Waals surface area (Å²) in [6.45, 7) is 1.78. The minimum Gasteiger partial charge on any atom is -0.497 e. The summed E-state index contributed by atoms with van der Waals surface area (Å²) in [6.07, 6.45) is 4.78. The van der Waals surface area contributed by atoms with E-state index in [0.717, 1.165) is 0 Å². The highest BCUT2D eigenvalue weighted by Crippen LogP contribution is 2.29. The van der Waals surface area contributed by atoms with Crippen LogP contribution in [0.25, 0.3) is 6.08 Å². The van der Waals surface area contributed by atoms with E-state index < -0.39 is 5.91 Å². The van der Waals surface area contributed by atoms with Gasteiger partial charge in [-0.2, -0.15) is 5.26 Å². The summed E-state index contributed by atoms with van der Waals surface area (Å²) < 4.78 is 15.6. The van der Waals surface area contributed by atoms with Crippen molar-refractivity contribution in [3.63, 3.8) is 0 Å². The van der Waals surface area contributed by atoms with Gasteiger partial charge in [-0.3, -0.25) is 4.79 Å². The fraction of sp³-hybridized carbons (Fsp3) is 0.158. The molecular weight excluding hydrogens is 320 g/mol. The van der Waals surface area contributed by atoms with Crippen molar-refractivity contribution in [3.05, 3.63) is 59.6 Å². The summed E-state index contributed by atoms with van der Waals surface area (Å²) in [5.74, 6) is 1.15. The number of allylic oxidation sites excluding steroid dienone is 2. The van der Waals surface area contributed by atoms with Gasteiger partial charge in [0.2, 0.25) is 0 Å². The largest absolute Gasteiger partial charge is 0.497 e. The maximum Gasteiger partial charge on any atom is 0.266 e. The molecule has 0 atom stereocenters. The molecule has 0 saturated heterocycles. The maximum atomic E-state index is 12.4. The molecule has 0 aliphatic rings. The highest BCUT2D eigenvalue weighted by Gasteiger charge is 2.13. The number of benzene rings is 1. The molecule has 0 aliphatic carbocycles. The standard InChI is InChI=1S/C19H18N2O4/c1-13(10-16-5-4-8-25-16)9-14(12-20)19(22)21-17-7-6-15(23-2)11-18(17)24-3/h4-11H,1-3H3,(H,21,22)/b13-10+,14-9+. The van der Waals surface area contributed by atoms with Gasteiger partial charge >= 0.3 is 0 Å². The molecule has 6 heteroatoms. The second-order valence-electron chi connectivity index (χ2n) is 5.09. The molecule has 0 fully saturated rings. The van der Waals surface area contributed by atoms with Crippen molar-refractivity contribution in [1.82, 2.24) is 0 Å². The maximum absolute atomic E-state index is 12.4. The third kappa shape index (κ3) is 4.75. The van der Waals surface area contributed by atoms with Crippen LogP contribution in [0.4, 0.5) is 5.69 Å². The van der Waals surface area contributed by atoms with Gasteiger partial charge in [-0.1, -0.05) is 0 Å². The highest BCUT2D eigenvalue weighted by atomic mass is 16.5. The smallest absolute Gasteiger partial charge is 0.266 e. The summed E-state index contributed by atoms with van der Waals surface area (Å²) in [7, 11) is 3.03. The first kappa shape index (κ1) is 17.9. The molecule has 0 bridgehead atoms. The number of carbonyl (C=O) groups excluding carboxylic acids is 1. The molecule has 1 amide bonds. The van der Waals surface area contributed by atoms with Crippen LogP contribution in [-0.2, 0) is 4.79 Å². The first-order chi connectivity index (χ1) is 12.1. The average Bonchev–Trinajstić information content (AvgIpc) is 3.12. The summed E-state index contributed by atoms with van der Waals surface area (Å²) in [5.41, 5.74) is 1.13. The third-order valence-corrected chi connectivity index (χ3v) is 3.31. The molecule has 1 aromatic carbocycles. The van der Waals surface area contributed by atoms with Crippen molar-refractivity contribution in [3.8, 4) is 17.6 Å². The number of nitriles is 1. The molecule has 6 nitrogen and oxygen atoms in total. The van der Waals surface area contributed by atoms with E-state index in [0.29, 0.717) is 28.5 Å². The third-order valence-electron chi connectivity index (χ3n) is 3.31. The predicted octanol–water partition coefficient (Wildman–Crippen LogP) is 3.79. The predicted molar refractivity (Wildman–Crippen MR) is 94.2 cm³/mol. The van der Waals surface area contributed by atoms with Crippen LogP contribution in [0.3, 0.4) is 0 Å². The first-order valence-electron chi connectivity index (χ1n) is 7.44.